The first-order valence-electron chi connectivity index (χ1n) is 8.09. The first-order chi connectivity index (χ1) is 12.4. The second kappa shape index (κ2) is 8.96. The monoisotopic (exact) mass is 359 g/mol. The van der Waals surface area contributed by atoms with Crippen LogP contribution in [0.15, 0.2) is 48.5 Å². The summed E-state index contributed by atoms with van der Waals surface area (Å²) in [5, 5.41) is 5.39. The molecule has 2 rings (SSSR count). The van der Waals surface area contributed by atoms with Crippen molar-refractivity contribution in [2.45, 2.75) is 13.0 Å². The number of methoxy groups -OCH3 is 1. The number of carbonyl (C=O) groups excluding carboxylic acids is 2. The molecule has 2 amide bonds. The minimum absolute atomic E-state index is 0.0107. The second-order valence-electron chi connectivity index (χ2n) is 5.87. The van der Waals surface area contributed by atoms with Crippen molar-refractivity contribution in [1.82, 2.24) is 4.90 Å². The summed E-state index contributed by atoms with van der Waals surface area (Å²) in [7, 11) is 3.22. The van der Waals surface area contributed by atoms with Crippen LogP contribution in [0.1, 0.15) is 6.92 Å². The van der Waals surface area contributed by atoms with Gasteiger partial charge in [-0.05, 0) is 44.3 Å². The molecule has 0 spiro atoms. The Morgan fingerprint density at radius 3 is 2.42 bits per heavy atom. The molecule has 138 valence electrons. The number of carbonyl (C=O) groups is 2. The molecule has 0 heterocycles. The SMILES string of the molecule is COc1cccc(NC(=O)[C@@H](C)N(C)CC(=O)Nc2cccc(F)c2)c1. The van der Waals surface area contributed by atoms with Gasteiger partial charge < -0.3 is 15.4 Å². The van der Waals surface area contributed by atoms with Gasteiger partial charge in [0.25, 0.3) is 0 Å². The topological polar surface area (TPSA) is 70.7 Å². The summed E-state index contributed by atoms with van der Waals surface area (Å²) in [6.45, 7) is 1.69. The summed E-state index contributed by atoms with van der Waals surface area (Å²) in [6.07, 6.45) is 0. The molecule has 0 aromatic heterocycles. The molecule has 2 N–H and O–H groups in total. The Hall–Kier alpha value is -2.93. The Morgan fingerprint density at radius 2 is 1.77 bits per heavy atom. The van der Waals surface area contributed by atoms with Crippen LogP contribution in [0.4, 0.5) is 15.8 Å². The van der Waals surface area contributed by atoms with Gasteiger partial charge in [0, 0.05) is 17.4 Å². The Morgan fingerprint density at radius 1 is 1.12 bits per heavy atom. The summed E-state index contributed by atoms with van der Waals surface area (Å²) in [5.74, 6) is -0.376. The lowest BCUT2D eigenvalue weighted by atomic mass is 10.2. The Bertz CT molecular complexity index is 782. The third-order valence-corrected chi connectivity index (χ3v) is 3.88. The third kappa shape index (κ3) is 5.56. The molecule has 0 aliphatic carbocycles. The Balaban J connectivity index is 1.90. The molecular weight excluding hydrogens is 337 g/mol. The molecular formula is C19H22FN3O3. The van der Waals surface area contributed by atoms with Crippen molar-refractivity contribution in [2.75, 3.05) is 31.3 Å². The van der Waals surface area contributed by atoms with E-state index in [-0.39, 0.29) is 18.4 Å². The van der Waals surface area contributed by atoms with Crippen LogP contribution in [0, 0.1) is 5.82 Å². The standard InChI is InChI=1S/C19H22FN3O3/c1-13(19(25)22-16-8-5-9-17(11-16)26-3)23(2)12-18(24)21-15-7-4-6-14(20)10-15/h4-11,13H,12H2,1-3H3,(H,21,24)(H,22,25)/t13-/m1/s1. The molecule has 0 bridgehead atoms. The molecule has 0 unspecified atom stereocenters. The number of anilines is 2. The normalized spacial score (nSPS) is 11.7. The number of nitrogens with one attached hydrogen (secondary N) is 2. The number of benzene rings is 2. The Labute approximate surface area is 152 Å². The molecule has 0 aliphatic rings. The van der Waals surface area contributed by atoms with Crippen molar-refractivity contribution in [2.24, 2.45) is 0 Å². The van der Waals surface area contributed by atoms with Crippen molar-refractivity contribution in [3.8, 4) is 5.75 Å². The molecule has 2 aromatic rings. The highest BCUT2D eigenvalue weighted by atomic mass is 19.1. The van der Waals surface area contributed by atoms with Crippen LogP contribution >= 0.6 is 0 Å². The molecule has 7 heteroatoms. The van der Waals surface area contributed by atoms with E-state index in [1.54, 1.807) is 56.3 Å². The molecule has 2 aromatic carbocycles. The molecule has 0 saturated carbocycles. The van der Waals surface area contributed by atoms with Gasteiger partial charge in [0.2, 0.25) is 11.8 Å². The molecule has 0 aliphatic heterocycles. The lowest BCUT2D eigenvalue weighted by molar-refractivity contribution is -0.122. The molecule has 1 atom stereocenters. The first kappa shape index (κ1) is 19.4. The van der Waals surface area contributed by atoms with Gasteiger partial charge in [0.05, 0.1) is 19.7 Å². The molecule has 0 radical (unpaired) electrons. The van der Waals surface area contributed by atoms with E-state index in [2.05, 4.69) is 10.6 Å². The summed E-state index contributed by atoms with van der Waals surface area (Å²) in [4.78, 5) is 26.0. The van der Waals surface area contributed by atoms with Gasteiger partial charge in [-0.2, -0.15) is 0 Å². The number of likely N-dealkylation sites (N-methyl/N-ethyl adjacent to an activating group) is 1. The third-order valence-electron chi connectivity index (χ3n) is 3.88. The average Bonchev–Trinajstić information content (AvgIpc) is 2.61. The van der Waals surface area contributed by atoms with E-state index in [9.17, 15) is 14.0 Å². The van der Waals surface area contributed by atoms with E-state index < -0.39 is 11.9 Å². The zero-order chi connectivity index (χ0) is 19.1. The minimum atomic E-state index is -0.542. The van der Waals surface area contributed by atoms with Crippen LogP contribution in [-0.2, 0) is 9.59 Å². The summed E-state index contributed by atoms with van der Waals surface area (Å²) in [6, 6.07) is 12.1. The maximum absolute atomic E-state index is 13.2. The highest BCUT2D eigenvalue weighted by molar-refractivity contribution is 5.96. The van der Waals surface area contributed by atoms with Crippen LogP contribution in [0.3, 0.4) is 0 Å². The second-order valence-corrected chi connectivity index (χ2v) is 5.87. The van der Waals surface area contributed by atoms with Gasteiger partial charge in [-0.15, -0.1) is 0 Å². The van der Waals surface area contributed by atoms with Crippen LogP contribution in [0.25, 0.3) is 0 Å². The number of nitrogens with zero attached hydrogens (tertiary/aromatic N) is 1. The number of halogens is 1. The van der Waals surface area contributed by atoms with Gasteiger partial charge in [-0.3, -0.25) is 14.5 Å². The number of hydrogen-bond donors (Lipinski definition) is 2. The summed E-state index contributed by atoms with van der Waals surface area (Å²) in [5.41, 5.74) is 0.982. The summed E-state index contributed by atoms with van der Waals surface area (Å²) < 4.78 is 18.3. The van der Waals surface area contributed by atoms with Gasteiger partial charge in [0.15, 0.2) is 0 Å². The summed E-state index contributed by atoms with van der Waals surface area (Å²) >= 11 is 0. The van der Waals surface area contributed by atoms with Crippen LogP contribution in [0.2, 0.25) is 0 Å². The first-order valence-corrected chi connectivity index (χ1v) is 8.09. The zero-order valence-electron chi connectivity index (χ0n) is 15.0. The lowest BCUT2D eigenvalue weighted by Gasteiger charge is -2.23. The quantitative estimate of drug-likeness (QED) is 0.797. The van der Waals surface area contributed by atoms with Crippen molar-refractivity contribution < 1.29 is 18.7 Å². The maximum Gasteiger partial charge on any atom is 0.241 e. The predicted octanol–water partition coefficient (Wildman–Crippen LogP) is 2.73. The van der Waals surface area contributed by atoms with Crippen molar-refractivity contribution >= 4 is 23.2 Å². The molecule has 26 heavy (non-hydrogen) atoms. The van der Waals surface area contributed by atoms with Crippen molar-refractivity contribution in [3.63, 3.8) is 0 Å². The zero-order valence-corrected chi connectivity index (χ0v) is 15.0. The number of hydrogen-bond acceptors (Lipinski definition) is 4. The van der Waals surface area contributed by atoms with E-state index in [4.69, 9.17) is 4.74 Å². The smallest absolute Gasteiger partial charge is 0.241 e. The number of amides is 2. The molecule has 6 nitrogen and oxygen atoms in total. The van der Waals surface area contributed by atoms with E-state index in [0.29, 0.717) is 17.1 Å². The molecule has 0 saturated heterocycles. The fourth-order valence-corrected chi connectivity index (χ4v) is 2.28. The highest BCUT2D eigenvalue weighted by Crippen LogP contribution is 2.17. The van der Waals surface area contributed by atoms with Crippen LogP contribution in [-0.4, -0.2) is 43.5 Å². The lowest BCUT2D eigenvalue weighted by Crippen LogP contribution is -2.43. The average molecular weight is 359 g/mol. The van der Waals surface area contributed by atoms with Crippen LogP contribution in [0.5, 0.6) is 5.75 Å². The largest absolute Gasteiger partial charge is 0.497 e. The van der Waals surface area contributed by atoms with Gasteiger partial charge in [-0.1, -0.05) is 12.1 Å². The fraction of sp³-hybridized carbons (Fsp3) is 0.263. The van der Waals surface area contributed by atoms with E-state index in [0.717, 1.165) is 0 Å². The molecule has 0 fully saturated rings. The fourth-order valence-electron chi connectivity index (χ4n) is 2.28. The van der Waals surface area contributed by atoms with E-state index in [1.165, 1.54) is 18.2 Å². The van der Waals surface area contributed by atoms with E-state index >= 15 is 0 Å². The number of ether oxygens (including phenoxy) is 1. The van der Waals surface area contributed by atoms with Gasteiger partial charge in [0.1, 0.15) is 11.6 Å². The predicted molar refractivity (Wildman–Crippen MR) is 98.7 cm³/mol. The van der Waals surface area contributed by atoms with Crippen LogP contribution < -0.4 is 15.4 Å². The van der Waals surface area contributed by atoms with Gasteiger partial charge in [-0.25, -0.2) is 4.39 Å². The van der Waals surface area contributed by atoms with Crippen molar-refractivity contribution in [1.29, 1.82) is 0 Å². The van der Waals surface area contributed by atoms with Crippen molar-refractivity contribution in [3.05, 3.63) is 54.3 Å². The Kier molecular flexibility index (Phi) is 6.68. The highest BCUT2D eigenvalue weighted by Gasteiger charge is 2.20. The number of rotatable bonds is 7. The van der Waals surface area contributed by atoms with E-state index in [1.807, 2.05) is 0 Å². The van der Waals surface area contributed by atoms with Gasteiger partial charge >= 0.3 is 0 Å². The maximum atomic E-state index is 13.2. The minimum Gasteiger partial charge on any atom is -0.497 e.